The van der Waals surface area contributed by atoms with Gasteiger partial charge in [0.25, 0.3) is 5.91 Å². The van der Waals surface area contributed by atoms with E-state index in [0.29, 0.717) is 21.7 Å². The molecule has 3 N–H and O–H groups in total. The summed E-state index contributed by atoms with van der Waals surface area (Å²) < 4.78 is 47.2. The van der Waals surface area contributed by atoms with Crippen molar-refractivity contribution in [2.24, 2.45) is 0 Å². The van der Waals surface area contributed by atoms with E-state index in [9.17, 15) is 21.6 Å². The molecule has 1 unspecified atom stereocenters. The van der Waals surface area contributed by atoms with E-state index >= 15 is 0 Å². The summed E-state index contributed by atoms with van der Waals surface area (Å²) in [5.41, 5.74) is 2.90. The fourth-order valence-electron chi connectivity index (χ4n) is 4.00. The molecule has 0 spiro atoms. The van der Waals surface area contributed by atoms with Gasteiger partial charge in [-0.3, -0.25) is 10.1 Å². The van der Waals surface area contributed by atoms with Gasteiger partial charge in [-0.05, 0) is 59.7 Å². The zero-order valence-corrected chi connectivity index (χ0v) is 25.9. The van der Waals surface area contributed by atoms with Gasteiger partial charge < -0.3 is 5.32 Å². The number of sulfone groups is 2. The fraction of sp³-hybridized carbons (Fsp3) is 0.200. The molecule has 0 aliphatic heterocycles. The molecule has 0 bridgehead atoms. The minimum absolute atomic E-state index is 0.157. The third-order valence-electron chi connectivity index (χ3n) is 6.08. The Morgan fingerprint density at radius 3 is 1.71 bits per heavy atom. The number of rotatable bonds is 9. The van der Waals surface area contributed by atoms with E-state index in [2.05, 4.69) is 41.2 Å². The highest BCUT2D eigenvalue weighted by molar-refractivity contribution is 7.91. The number of carbonyl (C=O) groups excluding carboxylic acids is 1. The van der Waals surface area contributed by atoms with Crippen LogP contribution < -0.4 is 10.6 Å². The summed E-state index contributed by atoms with van der Waals surface area (Å²) in [7, 11) is -6.65. The summed E-state index contributed by atoms with van der Waals surface area (Å²) in [6.07, 6.45) is 2.30. The third-order valence-corrected chi connectivity index (χ3v) is 10.6. The lowest BCUT2D eigenvalue weighted by atomic mass is 10.2. The summed E-state index contributed by atoms with van der Waals surface area (Å²) in [4.78, 5) is 24.5. The number of amides is 1. The van der Waals surface area contributed by atoms with Crippen molar-refractivity contribution in [3.63, 3.8) is 0 Å². The molecule has 0 saturated heterocycles. The van der Waals surface area contributed by atoms with Crippen molar-refractivity contribution in [3.8, 4) is 20.9 Å². The van der Waals surface area contributed by atoms with Crippen LogP contribution in [0.3, 0.4) is 0 Å². The van der Waals surface area contributed by atoms with Crippen molar-refractivity contribution in [3.05, 3.63) is 65.7 Å². The Morgan fingerprint density at radius 1 is 0.786 bits per heavy atom. The largest absolute Gasteiger partial charge is 0.343 e. The van der Waals surface area contributed by atoms with Gasteiger partial charge >= 0.3 is 0 Å². The quantitative estimate of drug-likeness (QED) is 0.212. The number of benzene rings is 2. The normalized spacial score (nSPS) is 12.7. The van der Waals surface area contributed by atoms with Crippen LogP contribution in [0.1, 0.15) is 23.3 Å². The molecule has 42 heavy (non-hydrogen) atoms. The Labute approximate surface area is 249 Å². The van der Waals surface area contributed by atoms with Gasteiger partial charge in [0, 0.05) is 12.5 Å². The SMILES string of the molecule is Cc1nc(NC(=O)C(Nc2nc(C)c(-c3ccc(S(C)(=O)=O)cc3)s2)c2nnn[nH]2)sc1-c1ccc(S(C)(=O)=O)cc1. The summed E-state index contributed by atoms with van der Waals surface area (Å²) in [5.74, 6) is -0.336. The molecule has 13 nitrogen and oxygen atoms in total. The molecule has 0 saturated carbocycles. The molecule has 0 fully saturated rings. The predicted octanol–water partition coefficient (Wildman–Crippen LogP) is 3.66. The highest BCUT2D eigenvalue weighted by atomic mass is 32.2. The average Bonchev–Trinajstić information content (AvgIpc) is 3.67. The zero-order valence-electron chi connectivity index (χ0n) is 22.6. The Bertz CT molecular complexity index is 1970. The molecule has 1 atom stereocenters. The van der Waals surface area contributed by atoms with Crippen LogP contribution in [-0.2, 0) is 24.5 Å². The predicted molar refractivity (Wildman–Crippen MR) is 160 cm³/mol. The van der Waals surface area contributed by atoms with Crippen molar-refractivity contribution in [2.75, 3.05) is 23.1 Å². The molecule has 0 radical (unpaired) electrons. The van der Waals surface area contributed by atoms with Gasteiger partial charge in [0.1, 0.15) is 0 Å². The van der Waals surface area contributed by atoms with Gasteiger partial charge in [-0.1, -0.05) is 46.9 Å². The average molecular weight is 645 g/mol. The second-order valence-corrected chi connectivity index (χ2v) is 15.3. The third kappa shape index (κ3) is 6.38. The summed E-state index contributed by atoms with van der Waals surface area (Å²) in [6, 6.07) is 11.9. The molecular weight excluding hydrogens is 621 g/mol. The van der Waals surface area contributed by atoms with E-state index in [1.807, 2.05) is 6.92 Å². The number of nitrogens with zero attached hydrogens (tertiary/aromatic N) is 5. The number of aryl methyl sites for hydroxylation is 2. The Morgan fingerprint density at radius 2 is 1.26 bits per heavy atom. The minimum atomic E-state index is -3.33. The molecule has 0 aliphatic rings. The maximum Gasteiger partial charge on any atom is 0.256 e. The monoisotopic (exact) mass is 644 g/mol. The number of hydrogen-bond donors (Lipinski definition) is 3. The number of tetrazole rings is 1. The molecule has 1 amide bonds. The van der Waals surface area contributed by atoms with Crippen molar-refractivity contribution in [1.29, 1.82) is 0 Å². The molecule has 218 valence electrons. The molecule has 5 aromatic rings. The fourth-order valence-corrected chi connectivity index (χ4v) is 7.23. The first kappa shape index (κ1) is 29.4. The first-order chi connectivity index (χ1) is 19.8. The highest BCUT2D eigenvalue weighted by Gasteiger charge is 2.27. The lowest BCUT2D eigenvalue weighted by Gasteiger charge is -2.13. The van der Waals surface area contributed by atoms with Crippen LogP contribution >= 0.6 is 22.7 Å². The Hall–Kier alpha value is -4.06. The number of aromatic amines is 1. The van der Waals surface area contributed by atoms with Gasteiger partial charge in [0.15, 0.2) is 41.8 Å². The molecule has 0 aliphatic carbocycles. The van der Waals surface area contributed by atoms with Crippen LogP contribution in [0.5, 0.6) is 0 Å². The molecule has 5 rings (SSSR count). The van der Waals surface area contributed by atoms with E-state index in [0.717, 1.165) is 33.4 Å². The van der Waals surface area contributed by atoms with Crippen LogP contribution in [0.25, 0.3) is 20.9 Å². The van der Waals surface area contributed by atoms with Crippen molar-refractivity contribution >= 4 is 58.5 Å². The van der Waals surface area contributed by atoms with Crippen LogP contribution in [0.15, 0.2) is 58.3 Å². The van der Waals surface area contributed by atoms with E-state index in [-0.39, 0.29) is 15.6 Å². The lowest BCUT2D eigenvalue weighted by molar-refractivity contribution is -0.117. The molecule has 2 aromatic carbocycles. The summed E-state index contributed by atoms with van der Waals surface area (Å²) in [6.45, 7) is 3.61. The first-order valence-electron chi connectivity index (χ1n) is 12.2. The second-order valence-electron chi connectivity index (χ2n) is 9.31. The van der Waals surface area contributed by atoms with E-state index in [4.69, 9.17) is 0 Å². The molecule has 3 heterocycles. The number of aromatic nitrogens is 6. The number of H-pyrrole nitrogens is 1. The highest BCUT2D eigenvalue weighted by Crippen LogP contribution is 2.36. The van der Waals surface area contributed by atoms with E-state index < -0.39 is 31.6 Å². The number of thiazole rings is 2. The van der Waals surface area contributed by atoms with Crippen LogP contribution in [0.2, 0.25) is 0 Å². The Kier molecular flexibility index (Phi) is 7.93. The smallest absolute Gasteiger partial charge is 0.256 e. The van der Waals surface area contributed by atoms with Gasteiger partial charge in [-0.15, -0.1) is 5.10 Å². The lowest BCUT2D eigenvalue weighted by Crippen LogP contribution is -2.28. The van der Waals surface area contributed by atoms with Crippen molar-refractivity contribution in [2.45, 2.75) is 29.7 Å². The maximum atomic E-state index is 13.5. The second kappa shape index (κ2) is 11.3. The van der Waals surface area contributed by atoms with E-state index in [1.165, 1.54) is 46.9 Å². The van der Waals surface area contributed by atoms with Crippen LogP contribution in [-0.4, -0.2) is 65.8 Å². The molecule has 3 aromatic heterocycles. The topological polar surface area (TPSA) is 190 Å². The number of anilines is 2. The molecular formula is C25H24N8O5S4. The Balaban J connectivity index is 1.37. The van der Waals surface area contributed by atoms with Crippen molar-refractivity contribution in [1.82, 2.24) is 30.6 Å². The minimum Gasteiger partial charge on any atom is -0.343 e. The number of nitrogens with one attached hydrogen (secondary N) is 3. The summed E-state index contributed by atoms with van der Waals surface area (Å²) in [5, 5.41) is 20.4. The summed E-state index contributed by atoms with van der Waals surface area (Å²) >= 11 is 2.54. The maximum absolute atomic E-state index is 13.5. The van der Waals surface area contributed by atoms with Gasteiger partial charge in [0.05, 0.1) is 30.9 Å². The van der Waals surface area contributed by atoms with Gasteiger partial charge in [-0.25, -0.2) is 31.9 Å². The van der Waals surface area contributed by atoms with Gasteiger partial charge in [-0.2, -0.15) is 0 Å². The standard InChI is InChI=1S/C25H24N8O5S4/c1-13-20(15-5-9-17(10-6-15)41(3,35)36)39-24(26-13)28-19(22-30-32-33-31-22)23(34)29-25-27-14(2)21(40-25)16-7-11-18(12-8-16)42(4,37)38/h5-12,19H,1-4H3,(H,26,28)(H,27,29,34)(H,30,31,32,33). The van der Waals surface area contributed by atoms with Crippen LogP contribution in [0, 0.1) is 13.8 Å². The first-order valence-corrected chi connectivity index (χ1v) is 17.6. The number of carbonyl (C=O) groups is 1. The van der Waals surface area contributed by atoms with Crippen LogP contribution in [0.4, 0.5) is 10.3 Å². The van der Waals surface area contributed by atoms with Crippen molar-refractivity contribution < 1.29 is 21.6 Å². The van der Waals surface area contributed by atoms with E-state index in [1.54, 1.807) is 31.2 Å². The van der Waals surface area contributed by atoms with Gasteiger partial charge in [0.2, 0.25) is 0 Å². The zero-order chi connectivity index (χ0) is 30.2. The molecule has 17 heteroatoms. The number of hydrogen-bond acceptors (Lipinski definition) is 13.